The van der Waals surface area contributed by atoms with E-state index in [0.29, 0.717) is 24.5 Å². The fourth-order valence-corrected chi connectivity index (χ4v) is 4.46. The number of nitrogens with one attached hydrogen (secondary N) is 2. The molecule has 3 aromatic rings. The average molecular weight is 490 g/mol. The van der Waals surface area contributed by atoms with Crippen LogP contribution in [-0.2, 0) is 11.8 Å². The third kappa shape index (κ3) is 6.05. The zero-order valence-corrected chi connectivity index (χ0v) is 21.4. The molecule has 0 bridgehead atoms. The lowest BCUT2D eigenvalue weighted by Crippen LogP contribution is -2.44. The molecule has 190 valence electrons. The molecule has 3 N–H and O–H groups in total. The molecule has 1 aliphatic rings. The predicted molar refractivity (Wildman–Crippen MR) is 142 cm³/mol. The van der Waals surface area contributed by atoms with E-state index < -0.39 is 6.09 Å². The second kappa shape index (κ2) is 10.4. The van der Waals surface area contributed by atoms with Crippen molar-refractivity contribution in [2.45, 2.75) is 64.8 Å². The first-order valence-corrected chi connectivity index (χ1v) is 12.4. The molecule has 2 heterocycles. The number of aryl methyl sites for hydroxylation is 1. The summed E-state index contributed by atoms with van der Waals surface area (Å²) >= 11 is 0. The van der Waals surface area contributed by atoms with Crippen molar-refractivity contribution in [3.63, 3.8) is 0 Å². The number of urea groups is 1. The molecule has 2 aromatic carbocycles. The largest absolute Gasteiger partial charge is 0.465 e. The summed E-state index contributed by atoms with van der Waals surface area (Å²) in [6, 6.07) is 17.1. The Balaban J connectivity index is 1.44. The summed E-state index contributed by atoms with van der Waals surface area (Å²) in [6.07, 6.45) is 2.66. The minimum absolute atomic E-state index is 0.00238. The molecule has 3 amide bonds. The second-order valence-electron chi connectivity index (χ2n) is 10.5. The van der Waals surface area contributed by atoms with Crippen LogP contribution in [0.15, 0.2) is 54.6 Å². The van der Waals surface area contributed by atoms with Crippen LogP contribution in [-0.4, -0.2) is 44.5 Å². The minimum Gasteiger partial charge on any atom is -0.465 e. The lowest BCUT2D eigenvalue weighted by Gasteiger charge is -2.33. The Hall–Kier alpha value is -3.81. The van der Waals surface area contributed by atoms with Crippen molar-refractivity contribution < 1.29 is 14.7 Å². The number of rotatable bonds is 5. The standard InChI is InChI=1S/C28H35N5O3/c1-19-8-14-22(15-9-19)33-25(18-24(31-33)28(2,3)4)30-26(34)29-21-12-10-20(11-13-21)17-23-7-5-6-16-32(23)27(35)36/h8-15,18,23H,5-7,16-17H2,1-4H3,(H,35,36)(H2,29,30,34). The van der Waals surface area contributed by atoms with Crippen LogP contribution in [0.5, 0.6) is 0 Å². The fourth-order valence-electron chi connectivity index (χ4n) is 4.46. The van der Waals surface area contributed by atoms with E-state index >= 15 is 0 Å². The number of carbonyl (C=O) groups excluding carboxylic acids is 1. The van der Waals surface area contributed by atoms with E-state index in [-0.39, 0.29) is 17.5 Å². The Bertz CT molecular complexity index is 1210. The maximum absolute atomic E-state index is 12.9. The van der Waals surface area contributed by atoms with E-state index in [2.05, 4.69) is 31.4 Å². The maximum Gasteiger partial charge on any atom is 0.407 e. The zero-order chi connectivity index (χ0) is 25.9. The van der Waals surface area contributed by atoms with Gasteiger partial charge in [0.2, 0.25) is 0 Å². The Morgan fingerprint density at radius 1 is 1.03 bits per heavy atom. The van der Waals surface area contributed by atoms with Crippen LogP contribution in [0.4, 0.5) is 21.1 Å². The summed E-state index contributed by atoms with van der Waals surface area (Å²) in [5.41, 5.74) is 4.43. The summed E-state index contributed by atoms with van der Waals surface area (Å²) in [5.74, 6) is 0.587. The van der Waals surface area contributed by atoms with Gasteiger partial charge in [-0.2, -0.15) is 5.10 Å². The molecule has 1 aliphatic heterocycles. The molecule has 0 aliphatic carbocycles. The lowest BCUT2D eigenvalue weighted by molar-refractivity contribution is 0.106. The van der Waals surface area contributed by atoms with Gasteiger partial charge >= 0.3 is 12.1 Å². The summed E-state index contributed by atoms with van der Waals surface area (Å²) < 4.78 is 1.75. The predicted octanol–water partition coefficient (Wildman–Crippen LogP) is 6.20. The number of aromatic nitrogens is 2. The monoisotopic (exact) mass is 489 g/mol. The van der Waals surface area contributed by atoms with E-state index in [1.54, 1.807) is 9.58 Å². The van der Waals surface area contributed by atoms with Gasteiger partial charge in [0.15, 0.2) is 0 Å². The van der Waals surface area contributed by atoms with Gasteiger partial charge in [-0.3, -0.25) is 5.32 Å². The number of hydrogen-bond donors (Lipinski definition) is 3. The number of likely N-dealkylation sites (tertiary alicyclic amines) is 1. The lowest BCUT2D eigenvalue weighted by atomic mass is 9.92. The highest BCUT2D eigenvalue weighted by molar-refractivity contribution is 5.99. The topological polar surface area (TPSA) is 99.5 Å². The zero-order valence-electron chi connectivity index (χ0n) is 21.4. The first kappa shape index (κ1) is 25.3. The van der Waals surface area contributed by atoms with Crippen LogP contribution < -0.4 is 10.6 Å². The minimum atomic E-state index is -0.853. The number of amides is 3. The van der Waals surface area contributed by atoms with Crippen molar-refractivity contribution in [3.8, 4) is 5.69 Å². The summed E-state index contributed by atoms with van der Waals surface area (Å²) in [6.45, 7) is 8.88. The Labute approximate surface area is 212 Å². The van der Waals surface area contributed by atoms with Crippen LogP contribution >= 0.6 is 0 Å². The van der Waals surface area contributed by atoms with Gasteiger partial charge in [-0.05, 0) is 62.4 Å². The highest BCUT2D eigenvalue weighted by atomic mass is 16.4. The Morgan fingerprint density at radius 3 is 2.36 bits per heavy atom. The molecular formula is C28H35N5O3. The molecule has 4 rings (SSSR count). The van der Waals surface area contributed by atoms with Gasteiger partial charge in [0, 0.05) is 29.8 Å². The maximum atomic E-state index is 12.9. The fraction of sp³-hybridized carbons (Fsp3) is 0.393. The van der Waals surface area contributed by atoms with Crippen LogP contribution in [0.1, 0.15) is 56.9 Å². The third-order valence-corrected chi connectivity index (χ3v) is 6.55. The van der Waals surface area contributed by atoms with E-state index in [4.69, 9.17) is 5.10 Å². The molecule has 0 radical (unpaired) electrons. The van der Waals surface area contributed by atoms with Crippen LogP contribution in [0, 0.1) is 6.92 Å². The molecule has 36 heavy (non-hydrogen) atoms. The van der Waals surface area contributed by atoms with E-state index in [1.165, 1.54) is 0 Å². The van der Waals surface area contributed by atoms with Crippen molar-refractivity contribution in [1.29, 1.82) is 0 Å². The van der Waals surface area contributed by atoms with Crippen LogP contribution in [0.2, 0.25) is 0 Å². The molecule has 0 spiro atoms. The van der Waals surface area contributed by atoms with Crippen molar-refractivity contribution in [2.75, 3.05) is 17.2 Å². The van der Waals surface area contributed by atoms with Gasteiger partial charge in [0.1, 0.15) is 5.82 Å². The molecule has 1 atom stereocenters. The van der Waals surface area contributed by atoms with Gasteiger partial charge in [-0.25, -0.2) is 14.3 Å². The summed E-state index contributed by atoms with van der Waals surface area (Å²) in [7, 11) is 0. The Kier molecular flexibility index (Phi) is 7.33. The van der Waals surface area contributed by atoms with Gasteiger partial charge in [0.25, 0.3) is 0 Å². The highest BCUT2D eigenvalue weighted by Crippen LogP contribution is 2.27. The second-order valence-corrected chi connectivity index (χ2v) is 10.5. The molecule has 8 nitrogen and oxygen atoms in total. The highest BCUT2D eigenvalue weighted by Gasteiger charge is 2.26. The average Bonchev–Trinajstić information content (AvgIpc) is 3.25. The van der Waals surface area contributed by atoms with Crippen molar-refractivity contribution >= 4 is 23.6 Å². The summed E-state index contributed by atoms with van der Waals surface area (Å²) in [4.78, 5) is 25.9. The SMILES string of the molecule is Cc1ccc(-n2nc(C(C)(C)C)cc2NC(=O)Nc2ccc(CC3CCCCN3C(=O)O)cc2)cc1. The first-order valence-electron chi connectivity index (χ1n) is 12.4. The van der Waals surface area contributed by atoms with Crippen molar-refractivity contribution in [3.05, 3.63) is 71.4 Å². The van der Waals surface area contributed by atoms with Crippen molar-refractivity contribution in [1.82, 2.24) is 14.7 Å². The molecule has 1 unspecified atom stereocenters. The first-order chi connectivity index (χ1) is 17.1. The molecule has 1 aromatic heterocycles. The number of nitrogens with zero attached hydrogens (tertiary/aromatic N) is 3. The van der Waals surface area contributed by atoms with E-state index in [0.717, 1.165) is 41.8 Å². The number of carbonyl (C=O) groups is 2. The normalized spacial score (nSPS) is 16.0. The number of piperidine rings is 1. The van der Waals surface area contributed by atoms with Gasteiger partial charge in [-0.15, -0.1) is 0 Å². The number of benzene rings is 2. The smallest absolute Gasteiger partial charge is 0.407 e. The van der Waals surface area contributed by atoms with Crippen LogP contribution in [0.3, 0.4) is 0 Å². The van der Waals surface area contributed by atoms with Gasteiger partial charge < -0.3 is 15.3 Å². The molecule has 0 saturated carbocycles. The van der Waals surface area contributed by atoms with Gasteiger partial charge in [-0.1, -0.05) is 50.6 Å². The van der Waals surface area contributed by atoms with E-state index in [1.807, 2.05) is 61.5 Å². The van der Waals surface area contributed by atoms with Crippen molar-refractivity contribution in [2.24, 2.45) is 0 Å². The molecule has 1 saturated heterocycles. The number of anilines is 2. The van der Waals surface area contributed by atoms with Crippen LogP contribution in [0.25, 0.3) is 5.69 Å². The molecular weight excluding hydrogens is 454 g/mol. The van der Waals surface area contributed by atoms with E-state index in [9.17, 15) is 14.7 Å². The third-order valence-electron chi connectivity index (χ3n) is 6.55. The summed E-state index contributed by atoms with van der Waals surface area (Å²) in [5, 5.41) is 20.1. The quantitative estimate of drug-likeness (QED) is 0.397. The number of hydrogen-bond acceptors (Lipinski definition) is 3. The Morgan fingerprint density at radius 2 is 1.72 bits per heavy atom. The molecule has 8 heteroatoms. The van der Waals surface area contributed by atoms with Gasteiger partial charge in [0.05, 0.1) is 11.4 Å². The molecule has 1 fully saturated rings. The number of carboxylic acid groups (broad SMARTS) is 1.